The Morgan fingerprint density at radius 3 is 2.20 bits per heavy atom. The van der Waals surface area contributed by atoms with Crippen LogP contribution in [0.2, 0.25) is 0 Å². The average molecular weight is 455 g/mol. The van der Waals surface area contributed by atoms with Crippen LogP contribution in [0.3, 0.4) is 0 Å². The van der Waals surface area contributed by atoms with E-state index >= 15 is 0 Å². The molecule has 0 aliphatic carbocycles. The minimum atomic E-state index is -5.78. The number of benzene rings is 1. The highest BCUT2D eigenvalue weighted by Crippen LogP contribution is 2.44. The fourth-order valence-corrected chi connectivity index (χ4v) is 3.61. The summed E-state index contributed by atoms with van der Waals surface area (Å²) >= 11 is 1.07. The summed E-state index contributed by atoms with van der Waals surface area (Å²) in [5, 5.41) is 0. The molecule has 3 nitrogen and oxygen atoms in total. The van der Waals surface area contributed by atoms with Crippen molar-refractivity contribution in [3.8, 4) is 11.5 Å². The SMILES string of the molecule is CCSc1cc(C(F)(F)F)cnc1-c1nc2cc(C(F)(F)C(F)(F)F)ccc2n1C. The minimum Gasteiger partial charge on any atom is -0.326 e. The van der Waals surface area contributed by atoms with Gasteiger partial charge in [-0.05, 0) is 24.0 Å². The van der Waals surface area contributed by atoms with E-state index in [1.165, 1.54) is 11.6 Å². The summed E-state index contributed by atoms with van der Waals surface area (Å²) in [4.78, 5) is 8.09. The average Bonchev–Trinajstić information content (AvgIpc) is 2.96. The van der Waals surface area contributed by atoms with E-state index in [1.807, 2.05) is 0 Å². The normalized spacial score (nSPS) is 13.3. The molecule has 0 unspecified atom stereocenters. The van der Waals surface area contributed by atoms with Crippen molar-refractivity contribution in [3.63, 3.8) is 0 Å². The summed E-state index contributed by atoms with van der Waals surface area (Å²) in [6.45, 7) is 1.72. The molecule has 0 fully saturated rings. The lowest BCUT2D eigenvalue weighted by molar-refractivity contribution is -0.289. The number of hydrogen-bond acceptors (Lipinski definition) is 3. The molecule has 0 amide bonds. The van der Waals surface area contributed by atoms with E-state index < -0.39 is 29.4 Å². The van der Waals surface area contributed by atoms with Crippen LogP contribution in [0.1, 0.15) is 18.1 Å². The van der Waals surface area contributed by atoms with Gasteiger partial charge in [0, 0.05) is 23.7 Å². The number of pyridine rings is 1. The first-order valence-corrected chi connectivity index (χ1v) is 9.37. The van der Waals surface area contributed by atoms with Crippen LogP contribution in [-0.4, -0.2) is 26.5 Å². The Morgan fingerprint density at radius 1 is 0.967 bits per heavy atom. The van der Waals surface area contributed by atoms with E-state index in [9.17, 15) is 35.1 Å². The molecule has 0 atom stereocenters. The van der Waals surface area contributed by atoms with E-state index in [0.717, 1.165) is 23.9 Å². The number of rotatable bonds is 4. The summed E-state index contributed by atoms with van der Waals surface area (Å²) in [5.74, 6) is -4.61. The third kappa shape index (κ3) is 3.84. The lowest BCUT2D eigenvalue weighted by Crippen LogP contribution is -2.33. The van der Waals surface area contributed by atoms with Crippen LogP contribution in [0.25, 0.3) is 22.6 Å². The van der Waals surface area contributed by atoms with Gasteiger partial charge in [-0.1, -0.05) is 13.0 Å². The zero-order chi connectivity index (χ0) is 22.5. The molecule has 0 bridgehead atoms. The van der Waals surface area contributed by atoms with Crippen LogP contribution in [0.4, 0.5) is 35.1 Å². The lowest BCUT2D eigenvalue weighted by Gasteiger charge is -2.19. The Kier molecular flexibility index (Phi) is 5.50. The van der Waals surface area contributed by atoms with E-state index in [2.05, 4.69) is 9.97 Å². The third-order valence-electron chi connectivity index (χ3n) is 4.29. The summed E-state index contributed by atoms with van der Waals surface area (Å²) in [5.41, 5.74) is -2.12. The van der Waals surface area contributed by atoms with Crippen molar-refractivity contribution in [2.24, 2.45) is 7.05 Å². The van der Waals surface area contributed by atoms with Crippen LogP contribution >= 0.6 is 11.8 Å². The highest BCUT2D eigenvalue weighted by molar-refractivity contribution is 7.99. The van der Waals surface area contributed by atoms with E-state index in [1.54, 1.807) is 6.92 Å². The molecule has 0 aliphatic rings. The molecule has 0 spiro atoms. The minimum absolute atomic E-state index is 0.0437. The maximum absolute atomic E-state index is 13.7. The third-order valence-corrected chi connectivity index (χ3v) is 5.20. The fourth-order valence-electron chi connectivity index (χ4n) is 2.80. The van der Waals surface area contributed by atoms with Gasteiger partial charge < -0.3 is 4.57 Å². The van der Waals surface area contributed by atoms with Crippen LogP contribution < -0.4 is 0 Å². The Bertz CT molecular complexity index is 1090. The molecule has 2 aromatic heterocycles. The molecule has 3 rings (SSSR count). The van der Waals surface area contributed by atoms with Crippen molar-refractivity contribution in [2.45, 2.75) is 30.1 Å². The number of halogens is 8. The molecule has 0 saturated heterocycles. The fraction of sp³-hybridized carbons (Fsp3) is 0.333. The second-order valence-corrected chi connectivity index (χ2v) is 7.58. The summed E-state index contributed by atoms with van der Waals surface area (Å²) in [6.07, 6.45) is -9.77. The molecule has 0 radical (unpaired) electrons. The number of fused-ring (bicyclic) bond motifs is 1. The van der Waals surface area contributed by atoms with Crippen molar-refractivity contribution >= 4 is 22.8 Å². The van der Waals surface area contributed by atoms with Gasteiger partial charge in [0.1, 0.15) is 5.69 Å². The number of nitrogens with zero attached hydrogens (tertiary/aromatic N) is 3. The highest BCUT2D eigenvalue weighted by Gasteiger charge is 2.58. The van der Waals surface area contributed by atoms with Crippen LogP contribution in [0.5, 0.6) is 0 Å². The smallest absolute Gasteiger partial charge is 0.326 e. The topological polar surface area (TPSA) is 30.7 Å². The molecule has 12 heteroatoms. The second-order valence-electron chi connectivity index (χ2n) is 6.27. The molecular weight excluding hydrogens is 442 g/mol. The molecule has 30 heavy (non-hydrogen) atoms. The van der Waals surface area contributed by atoms with Gasteiger partial charge in [-0.15, -0.1) is 11.8 Å². The molecule has 0 aliphatic heterocycles. The zero-order valence-corrected chi connectivity index (χ0v) is 16.2. The van der Waals surface area contributed by atoms with Gasteiger partial charge in [0.2, 0.25) is 0 Å². The molecular formula is C18H13F8N3S. The molecule has 162 valence electrons. The standard InChI is InChI=1S/C18H13F8N3S/c1-3-30-13-7-10(17(21,22)23)8-27-14(13)15-28-11-6-9(4-5-12(11)29(15)2)16(19,20)18(24,25)26/h4-8H,3H2,1-2H3. The first-order valence-electron chi connectivity index (χ1n) is 8.39. The van der Waals surface area contributed by atoms with Crippen LogP contribution in [0.15, 0.2) is 35.4 Å². The quantitative estimate of drug-likeness (QED) is 0.336. The monoisotopic (exact) mass is 455 g/mol. The maximum Gasteiger partial charge on any atom is 0.458 e. The van der Waals surface area contributed by atoms with Crippen molar-refractivity contribution in [1.82, 2.24) is 14.5 Å². The molecule has 0 N–H and O–H groups in total. The first kappa shape index (κ1) is 22.3. The number of thioether (sulfide) groups is 1. The van der Waals surface area contributed by atoms with Gasteiger partial charge in [-0.25, -0.2) is 4.98 Å². The Labute approximate surface area is 169 Å². The van der Waals surface area contributed by atoms with Gasteiger partial charge in [0.05, 0.1) is 16.6 Å². The molecule has 3 aromatic rings. The number of hydrogen-bond donors (Lipinski definition) is 0. The molecule has 2 heterocycles. The number of aryl methyl sites for hydroxylation is 1. The van der Waals surface area contributed by atoms with Crippen LogP contribution in [-0.2, 0) is 19.1 Å². The number of imidazole rings is 1. The Balaban J connectivity index is 2.17. The lowest BCUT2D eigenvalue weighted by atomic mass is 10.1. The summed E-state index contributed by atoms with van der Waals surface area (Å²) in [7, 11) is 1.46. The number of aromatic nitrogens is 3. The van der Waals surface area contributed by atoms with Crippen molar-refractivity contribution in [3.05, 3.63) is 41.6 Å². The van der Waals surface area contributed by atoms with Gasteiger partial charge in [-0.3, -0.25) is 4.98 Å². The van der Waals surface area contributed by atoms with Crippen molar-refractivity contribution in [2.75, 3.05) is 5.75 Å². The van der Waals surface area contributed by atoms with Gasteiger partial charge in [-0.2, -0.15) is 35.1 Å². The summed E-state index contributed by atoms with van der Waals surface area (Å²) < 4.78 is 106. The zero-order valence-electron chi connectivity index (χ0n) is 15.4. The van der Waals surface area contributed by atoms with Gasteiger partial charge in [0.15, 0.2) is 5.82 Å². The van der Waals surface area contributed by atoms with E-state index in [-0.39, 0.29) is 27.4 Å². The molecule has 1 aromatic carbocycles. The van der Waals surface area contributed by atoms with Gasteiger partial charge >= 0.3 is 18.3 Å². The van der Waals surface area contributed by atoms with Crippen molar-refractivity contribution < 1.29 is 35.1 Å². The Morgan fingerprint density at radius 2 is 1.63 bits per heavy atom. The van der Waals surface area contributed by atoms with E-state index in [0.29, 0.717) is 24.1 Å². The Hall–Kier alpha value is -2.37. The number of alkyl halides is 8. The van der Waals surface area contributed by atoms with Crippen molar-refractivity contribution in [1.29, 1.82) is 0 Å². The predicted octanol–water partition coefficient (Wildman–Crippen LogP) is 6.42. The largest absolute Gasteiger partial charge is 0.458 e. The molecule has 0 saturated carbocycles. The van der Waals surface area contributed by atoms with E-state index in [4.69, 9.17) is 0 Å². The predicted molar refractivity (Wildman–Crippen MR) is 95.3 cm³/mol. The maximum atomic E-state index is 13.7. The first-order chi connectivity index (χ1) is 13.8. The highest BCUT2D eigenvalue weighted by atomic mass is 32.2. The second kappa shape index (κ2) is 7.40. The van der Waals surface area contributed by atoms with Crippen LogP contribution in [0, 0.1) is 0 Å². The summed E-state index contributed by atoms with van der Waals surface area (Å²) in [6, 6.07) is 3.21. The van der Waals surface area contributed by atoms with Gasteiger partial charge in [0.25, 0.3) is 0 Å².